The number of anilines is 1. The minimum absolute atomic E-state index is 0.0708. The number of aliphatic hydroxyl groups is 1. The Kier molecular flexibility index (Phi) is 10.4. The second-order valence-corrected chi connectivity index (χ2v) is 10.0. The third-order valence-electron chi connectivity index (χ3n) is 6.96. The molecule has 2 aromatic carbocycles. The summed E-state index contributed by atoms with van der Waals surface area (Å²) in [4.78, 5) is 44.1. The van der Waals surface area contributed by atoms with Gasteiger partial charge in [-0.15, -0.1) is 0 Å². The van der Waals surface area contributed by atoms with Gasteiger partial charge in [-0.05, 0) is 43.0 Å². The van der Waals surface area contributed by atoms with Gasteiger partial charge in [-0.2, -0.15) is 0 Å². The average Bonchev–Trinajstić information content (AvgIpc) is 2.96. The molecule has 1 aliphatic heterocycles. The molecule has 3 aromatic rings. The SMILES string of the molecule is NCCOCCOCC(=O)Nc1ccc2c(=O)n(CC3(O)CCN(C(=O)CCc4ccccc4)CC3)cnc2c1. The Morgan fingerprint density at radius 1 is 1.05 bits per heavy atom. The molecular weight excluding hydrogens is 514 g/mol. The molecule has 4 rings (SSSR count). The molecule has 0 unspecified atom stereocenters. The highest BCUT2D eigenvalue weighted by Gasteiger charge is 2.34. The normalized spacial score (nSPS) is 14.8. The van der Waals surface area contributed by atoms with Gasteiger partial charge < -0.3 is 30.5 Å². The van der Waals surface area contributed by atoms with Crippen molar-refractivity contribution in [2.45, 2.75) is 37.8 Å². The number of benzene rings is 2. The third kappa shape index (κ3) is 8.18. The maximum atomic E-state index is 13.1. The minimum Gasteiger partial charge on any atom is -0.388 e. The van der Waals surface area contributed by atoms with Gasteiger partial charge in [-0.25, -0.2) is 4.98 Å². The summed E-state index contributed by atoms with van der Waals surface area (Å²) >= 11 is 0. The molecule has 0 bridgehead atoms. The van der Waals surface area contributed by atoms with Crippen molar-refractivity contribution in [2.24, 2.45) is 5.73 Å². The minimum atomic E-state index is -1.11. The number of carbonyl (C=O) groups is 2. The van der Waals surface area contributed by atoms with Crippen molar-refractivity contribution in [3.8, 4) is 0 Å². The molecule has 2 amide bonds. The van der Waals surface area contributed by atoms with Crippen LogP contribution in [0.3, 0.4) is 0 Å². The maximum Gasteiger partial charge on any atom is 0.261 e. The van der Waals surface area contributed by atoms with Gasteiger partial charge >= 0.3 is 0 Å². The van der Waals surface area contributed by atoms with Crippen LogP contribution in [0.2, 0.25) is 0 Å². The first kappa shape index (κ1) is 29.3. The van der Waals surface area contributed by atoms with Crippen molar-refractivity contribution in [3.05, 3.63) is 70.8 Å². The number of likely N-dealkylation sites (tertiary alicyclic amines) is 1. The molecular formula is C29H37N5O6. The van der Waals surface area contributed by atoms with Crippen LogP contribution >= 0.6 is 0 Å². The number of rotatable bonds is 13. The number of nitrogens with zero attached hydrogens (tertiary/aromatic N) is 3. The lowest BCUT2D eigenvalue weighted by Crippen LogP contribution is -2.49. The number of aromatic nitrogens is 2. The van der Waals surface area contributed by atoms with Crippen LogP contribution in [0.15, 0.2) is 59.7 Å². The molecule has 1 aliphatic rings. The van der Waals surface area contributed by atoms with Gasteiger partial charge in [-0.3, -0.25) is 19.0 Å². The van der Waals surface area contributed by atoms with Gasteiger partial charge in [0.1, 0.15) is 6.61 Å². The summed E-state index contributed by atoms with van der Waals surface area (Å²) in [5, 5.41) is 14.3. The third-order valence-corrected chi connectivity index (χ3v) is 6.96. The summed E-state index contributed by atoms with van der Waals surface area (Å²) in [7, 11) is 0. The van der Waals surface area contributed by atoms with E-state index in [0.717, 1.165) is 5.56 Å². The predicted molar refractivity (Wildman–Crippen MR) is 151 cm³/mol. The van der Waals surface area contributed by atoms with Gasteiger partial charge in [0.2, 0.25) is 11.8 Å². The standard InChI is InChI=1S/C29H37N5O6/c30-12-15-39-16-17-40-19-26(35)32-23-7-8-24-25(18-23)31-21-34(28(24)37)20-29(38)10-13-33(14-11-29)27(36)9-6-22-4-2-1-3-5-22/h1-5,7-8,18,21,38H,6,9-17,19-20,30H2,(H,32,35). The van der Waals surface area contributed by atoms with Crippen molar-refractivity contribution in [3.63, 3.8) is 0 Å². The number of piperidine rings is 1. The Morgan fingerprint density at radius 2 is 1.80 bits per heavy atom. The molecule has 0 aliphatic carbocycles. The molecule has 2 heterocycles. The van der Waals surface area contributed by atoms with Gasteiger partial charge in [0.15, 0.2) is 0 Å². The fourth-order valence-electron chi connectivity index (χ4n) is 4.72. The van der Waals surface area contributed by atoms with E-state index < -0.39 is 5.60 Å². The lowest BCUT2D eigenvalue weighted by molar-refractivity contribution is -0.135. The van der Waals surface area contributed by atoms with E-state index in [9.17, 15) is 19.5 Å². The number of fused-ring (bicyclic) bond motifs is 1. The van der Waals surface area contributed by atoms with E-state index >= 15 is 0 Å². The summed E-state index contributed by atoms with van der Waals surface area (Å²) in [6.45, 7) is 2.34. The van der Waals surface area contributed by atoms with Crippen molar-refractivity contribution in [1.82, 2.24) is 14.5 Å². The van der Waals surface area contributed by atoms with E-state index in [1.54, 1.807) is 23.1 Å². The number of carbonyl (C=O) groups excluding carboxylic acids is 2. The zero-order chi connectivity index (χ0) is 28.4. The summed E-state index contributed by atoms with van der Waals surface area (Å²) in [5.74, 6) is -0.264. The molecule has 1 fully saturated rings. The van der Waals surface area contributed by atoms with Gasteiger partial charge in [0.25, 0.3) is 5.56 Å². The van der Waals surface area contributed by atoms with E-state index in [4.69, 9.17) is 15.2 Å². The lowest BCUT2D eigenvalue weighted by atomic mass is 9.91. The average molecular weight is 552 g/mol. The quantitative estimate of drug-likeness (QED) is 0.269. The van der Waals surface area contributed by atoms with Gasteiger partial charge in [0, 0.05) is 31.7 Å². The van der Waals surface area contributed by atoms with Crippen LogP contribution in [-0.4, -0.2) is 83.0 Å². The zero-order valence-electron chi connectivity index (χ0n) is 22.6. The van der Waals surface area contributed by atoms with Crippen molar-refractivity contribution in [2.75, 3.05) is 51.4 Å². The monoisotopic (exact) mass is 551 g/mol. The largest absolute Gasteiger partial charge is 0.388 e. The summed E-state index contributed by atoms with van der Waals surface area (Å²) in [6, 6.07) is 14.7. The van der Waals surface area contributed by atoms with Crippen LogP contribution < -0.4 is 16.6 Å². The molecule has 11 heteroatoms. The highest BCUT2D eigenvalue weighted by Crippen LogP contribution is 2.25. The fourth-order valence-corrected chi connectivity index (χ4v) is 4.72. The van der Waals surface area contributed by atoms with E-state index in [1.165, 1.54) is 10.9 Å². The van der Waals surface area contributed by atoms with Crippen LogP contribution in [0.4, 0.5) is 5.69 Å². The molecule has 4 N–H and O–H groups in total. The van der Waals surface area contributed by atoms with E-state index in [0.29, 0.717) is 75.1 Å². The lowest BCUT2D eigenvalue weighted by Gasteiger charge is -2.38. The van der Waals surface area contributed by atoms with Gasteiger partial charge in [0.05, 0.1) is 49.2 Å². The first-order valence-electron chi connectivity index (χ1n) is 13.6. The van der Waals surface area contributed by atoms with Crippen LogP contribution in [0, 0.1) is 0 Å². The van der Waals surface area contributed by atoms with Crippen LogP contribution in [-0.2, 0) is 32.0 Å². The highest BCUT2D eigenvalue weighted by atomic mass is 16.5. The number of ether oxygens (including phenoxy) is 2. The number of nitrogens with two attached hydrogens (primary N) is 1. The van der Waals surface area contributed by atoms with Crippen LogP contribution in [0.25, 0.3) is 10.9 Å². The maximum absolute atomic E-state index is 13.1. The number of aryl methyl sites for hydroxylation is 1. The molecule has 214 valence electrons. The van der Waals surface area contributed by atoms with Crippen molar-refractivity contribution in [1.29, 1.82) is 0 Å². The topological polar surface area (TPSA) is 149 Å². The molecule has 1 aromatic heterocycles. The Morgan fingerprint density at radius 3 is 2.55 bits per heavy atom. The zero-order valence-corrected chi connectivity index (χ0v) is 22.6. The highest BCUT2D eigenvalue weighted by molar-refractivity contribution is 5.94. The number of hydrogen-bond acceptors (Lipinski definition) is 8. The van der Waals surface area contributed by atoms with E-state index in [2.05, 4.69) is 10.3 Å². The molecule has 11 nitrogen and oxygen atoms in total. The fraction of sp³-hybridized carbons (Fsp3) is 0.448. The van der Waals surface area contributed by atoms with Crippen LogP contribution in [0.1, 0.15) is 24.8 Å². The smallest absolute Gasteiger partial charge is 0.261 e. The predicted octanol–water partition coefficient (Wildman–Crippen LogP) is 1.31. The Labute approximate surface area is 232 Å². The number of hydrogen-bond donors (Lipinski definition) is 3. The van der Waals surface area contributed by atoms with Crippen LogP contribution in [0.5, 0.6) is 0 Å². The first-order chi connectivity index (χ1) is 19.4. The van der Waals surface area contributed by atoms with E-state index in [1.807, 2.05) is 30.3 Å². The molecule has 1 saturated heterocycles. The second kappa shape index (κ2) is 14.1. The molecule has 0 radical (unpaired) electrons. The Hall–Kier alpha value is -3.64. The molecule has 0 atom stereocenters. The summed E-state index contributed by atoms with van der Waals surface area (Å²) in [6.07, 6.45) is 3.27. The van der Waals surface area contributed by atoms with Crippen molar-refractivity contribution >= 4 is 28.4 Å². The second-order valence-electron chi connectivity index (χ2n) is 10.0. The number of nitrogens with one attached hydrogen (secondary N) is 1. The number of amides is 2. The van der Waals surface area contributed by atoms with Gasteiger partial charge in [-0.1, -0.05) is 30.3 Å². The molecule has 0 saturated carbocycles. The van der Waals surface area contributed by atoms with Crippen molar-refractivity contribution < 1.29 is 24.2 Å². The first-order valence-corrected chi connectivity index (χ1v) is 13.6. The Balaban J connectivity index is 1.28. The van der Waals surface area contributed by atoms with E-state index in [-0.39, 0.29) is 37.1 Å². The summed E-state index contributed by atoms with van der Waals surface area (Å²) in [5.41, 5.74) is 5.99. The Bertz CT molecular complexity index is 1340. The summed E-state index contributed by atoms with van der Waals surface area (Å²) < 4.78 is 11.9. The molecule has 40 heavy (non-hydrogen) atoms. The molecule has 0 spiro atoms.